The zero-order valence-corrected chi connectivity index (χ0v) is 16.1. The molecule has 0 spiro atoms. The van der Waals surface area contributed by atoms with Crippen molar-refractivity contribution in [1.82, 2.24) is 9.88 Å². The van der Waals surface area contributed by atoms with E-state index in [4.69, 9.17) is 16.3 Å². The number of nitrogens with one attached hydrogen (secondary N) is 1. The fraction of sp³-hybridized carbons (Fsp3) is 0.625. The Labute approximate surface area is 150 Å². The molecule has 0 aromatic carbocycles. The quantitative estimate of drug-likeness (QED) is 0.751. The topological polar surface area (TPSA) is 54.5 Å². The maximum Gasteiger partial charge on any atom is 0.410 e. The number of piperidine rings is 1. The Bertz CT molecular complexity index is 555. The molecule has 1 saturated heterocycles. The van der Waals surface area contributed by atoms with E-state index in [1.807, 2.05) is 26.8 Å². The average Bonchev–Trinajstić information content (AvgIpc) is 2.47. The third-order valence-electron chi connectivity index (χ3n) is 3.66. The van der Waals surface area contributed by atoms with E-state index >= 15 is 0 Å². The van der Waals surface area contributed by atoms with Crippen LogP contribution in [-0.4, -0.2) is 41.2 Å². The van der Waals surface area contributed by atoms with E-state index < -0.39 is 5.60 Å². The Balaban J connectivity index is 1.76. The Morgan fingerprint density at radius 1 is 1.48 bits per heavy atom. The van der Waals surface area contributed by atoms with Crippen molar-refractivity contribution in [2.75, 3.05) is 25.0 Å². The van der Waals surface area contributed by atoms with Crippen molar-refractivity contribution in [3.63, 3.8) is 0 Å². The van der Waals surface area contributed by atoms with Gasteiger partial charge in [0.15, 0.2) is 0 Å². The Morgan fingerprint density at radius 3 is 2.70 bits per heavy atom. The van der Waals surface area contributed by atoms with Gasteiger partial charge in [-0.25, -0.2) is 9.78 Å². The van der Waals surface area contributed by atoms with E-state index in [2.05, 4.69) is 26.2 Å². The molecule has 1 amide bonds. The molecule has 0 saturated carbocycles. The van der Waals surface area contributed by atoms with Crippen molar-refractivity contribution in [1.29, 1.82) is 0 Å². The van der Waals surface area contributed by atoms with Crippen LogP contribution in [0.2, 0.25) is 5.15 Å². The number of pyridine rings is 1. The second-order valence-electron chi connectivity index (χ2n) is 6.79. The lowest BCUT2D eigenvalue weighted by Gasteiger charge is -2.33. The lowest BCUT2D eigenvalue weighted by Crippen LogP contribution is -2.42. The first-order chi connectivity index (χ1) is 10.7. The highest BCUT2D eigenvalue weighted by molar-refractivity contribution is 9.10. The molecule has 0 radical (unpaired) electrons. The summed E-state index contributed by atoms with van der Waals surface area (Å²) >= 11 is 9.25. The van der Waals surface area contributed by atoms with E-state index in [1.165, 1.54) is 0 Å². The average molecular weight is 405 g/mol. The minimum Gasteiger partial charge on any atom is -0.444 e. The van der Waals surface area contributed by atoms with E-state index in [-0.39, 0.29) is 6.09 Å². The highest BCUT2D eigenvalue weighted by atomic mass is 79.9. The van der Waals surface area contributed by atoms with Gasteiger partial charge >= 0.3 is 6.09 Å². The number of halogens is 2. The molecule has 2 rings (SSSR count). The molecule has 1 aliphatic heterocycles. The summed E-state index contributed by atoms with van der Waals surface area (Å²) in [7, 11) is 0. The monoisotopic (exact) mass is 403 g/mol. The van der Waals surface area contributed by atoms with Crippen LogP contribution in [0.25, 0.3) is 0 Å². The number of nitrogens with zero attached hydrogens (tertiary/aromatic N) is 2. The largest absolute Gasteiger partial charge is 0.444 e. The molecule has 5 nitrogen and oxygen atoms in total. The van der Waals surface area contributed by atoms with Gasteiger partial charge in [0.25, 0.3) is 0 Å². The maximum absolute atomic E-state index is 12.0. The Kier molecular flexibility index (Phi) is 6.14. The number of aromatic nitrogens is 1. The van der Waals surface area contributed by atoms with Crippen molar-refractivity contribution in [3.05, 3.63) is 21.9 Å². The van der Waals surface area contributed by atoms with Gasteiger partial charge in [-0.1, -0.05) is 11.6 Å². The number of hydrogen-bond acceptors (Lipinski definition) is 4. The molecule has 0 atom stereocenters. The second kappa shape index (κ2) is 7.71. The molecule has 23 heavy (non-hydrogen) atoms. The highest BCUT2D eigenvalue weighted by Gasteiger charge is 2.26. The molecule has 1 aromatic rings. The van der Waals surface area contributed by atoms with E-state index in [0.29, 0.717) is 11.1 Å². The van der Waals surface area contributed by atoms with Gasteiger partial charge in [-0.2, -0.15) is 0 Å². The first-order valence-corrected chi connectivity index (χ1v) is 8.94. The van der Waals surface area contributed by atoms with Gasteiger partial charge in [-0.15, -0.1) is 0 Å². The molecule has 1 aliphatic rings. The molecule has 1 aromatic heterocycles. The van der Waals surface area contributed by atoms with Crippen molar-refractivity contribution >= 4 is 39.3 Å². The number of hydrogen-bond donors (Lipinski definition) is 1. The SMILES string of the molecule is CC(C)(C)OC(=O)N1CCC(CNc2cnc(Cl)c(Br)c2)CC1. The number of anilines is 1. The van der Waals surface area contributed by atoms with Crippen LogP contribution in [0, 0.1) is 5.92 Å². The standard InChI is InChI=1S/C16H23BrClN3O2/c1-16(2,3)23-15(22)21-6-4-11(5-7-21)9-19-12-8-13(17)14(18)20-10-12/h8,10-11,19H,4-7,9H2,1-3H3. The van der Waals surface area contributed by atoms with Gasteiger partial charge in [-0.05, 0) is 61.5 Å². The molecule has 1 fully saturated rings. The summed E-state index contributed by atoms with van der Waals surface area (Å²) in [6, 6.07) is 1.92. The van der Waals surface area contributed by atoms with Gasteiger partial charge in [0.2, 0.25) is 0 Å². The second-order valence-corrected chi connectivity index (χ2v) is 8.00. The maximum atomic E-state index is 12.0. The fourth-order valence-corrected chi connectivity index (χ4v) is 2.88. The summed E-state index contributed by atoms with van der Waals surface area (Å²) in [4.78, 5) is 17.9. The van der Waals surface area contributed by atoms with Crippen LogP contribution in [0.3, 0.4) is 0 Å². The molecule has 1 N–H and O–H groups in total. The van der Waals surface area contributed by atoms with Crippen molar-refractivity contribution in [3.8, 4) is 0 Å². The van der Waals surface area contributed by atoms with Crippen LogP contribution in [-0.2, 0) is 4.74 Å². The zero-order valence-electron chi connectivity index (χ0n) is 13.7. The molecular weight excluding hydrogens is 382 g/mol. The Hall–Kier alpha value is -1.01. The summed E-state index contributed by atoms with van der Waals surface area (Å²) in [5, 5.41) is 3.84. The summed E-state index contributed by atoms with van der Waals surface area (Å²) in [6.45, 7) is 8.01. The molecular formula is C16H23BrClN3O2. The molecule has 128 valence electrons. The molecule has 0 unspecified atom stereocenters. The van der Waals surface area contributed by atoms with Crippen LogP contribution < -0.4 is 5.32 Å². The van der Waals surface area contributed by atoms with E-state index in [9.17, 15) is 4.79 Å². The lowest BCUT2D eigenvalue weighted by atomic mass is 9.97. The van der Waals surface area contributed by atoms with Gasteiger partial charge in [0.05, 0.1) is 16.4 Å². The van der Waals surface area contributed by atoms with Crippen molar-refractivity contribution in [2.45, 2.75) is 39.2 Å². The number of ether oxygens (including phenoxy) is 1. The summed E-state index contributed by atoms with van der Waals surface area (Å²) in [6.07, 6.45) is 3.45. The number of carbonyl (C=O) groups excluding carboxylic acids is 1. The molecule has 7 heteroatoms. The number of amides is 1. The van der Waals surface area contributed by atoms with Crippen LogP contribution in [0.15, 0.2) is 16.7 Å². The van der Waals surface area contributed by atoms with Gasteiger partial charge in [0, 0.05) is 19.6 Å². The predicted molar refractivity (Wildman–Crippen MR) is 96.0 cm³/mol. The summed E-state index contributed by atoms with van der Waals surface area (Å²) < 4.78 is 6.19. The van der Waals surface area contributed by atoms with Crippen LogP contribution in [0.1, 0.15) is 33.6 Å². The van der Waals surface area contributed by atoms with Gasteiger partial charge in [-0.3, -0.25) is 0 Å². The van der Waals surface area contributed by atoms with Crippen LogP contribution >= 0.6 is 27.5 Å². The number of likely N-dealkylation sites (tertiary alicyclic amines) is 1. The van der Waals surface area contributed by atoms with Crippen LogP contribution in [0.4, 0.5) is 10.5 Å². The third kappa shape index (κ3) is 5.84. The lowest BCUT2D eigenvalue weighted by molar-refractivity contribution is 0.0188. The minimum absolute atomic E-state index is 0.213. The van der Waals surface area contributed by atoms with Crippen molar-refractivity contribution < 1.29 is 9.53 Å². The highest BCUT2D eigenvalue weighted by Crippen LogP contribution is 2.24. The number of rotatable bonds is 3. The predicted octanol–water partition coefficient (Wildman–Crippen LogP) is 4.56. The molecule has 2 heterocycles. The molecule has 0 aliphatic carbocycles. The summed E-state index contributed by atoms with van der Waals surface area (Å²) in [5.41, 5.74) is 0.501. The minimum atomic E-state index is -0.440. The van der Waals surface area contributed by atoms with E-state index in [0.717, 1.165) is 42.6 Å². The first-order valence-electron chi connectivity index (χ1n) is 7.77. The van der Waals surface area contributed by atoms with Crippen molar-refractivity contribution in [2.24, 2.45) is 5.92 Å². The smallest absolute Gasteiger partial charge is 0.410 e. The first kappa shape index (κ1) is 18.3. The number of carbonyl (C=O) groups is 1. The van der Waals surface area contributed by atoms with Gasteiger partial charge in [0.1, 0.15) is 10.8 Å². The summed E-state index contributed by atoms with van der Waals surface area (Å²) in [5.74, 6) is 0.531. The third-order valence-corrected chi connectivity index (χ3v) is 4.79. The fourth-order valence-electron chi connectivity index (χ4n) is 2.43. The Morgan fingerprint density at radius 2 is 2.13 bits per heavy atom. The van der Waals surface area contributed by atoms with Crippen LogP contribution in [0.5, 0.6) is 0 Å². The van der Waals surface area contributed by atoms with E-state index in [1.54, 1.807) is 11.1 Å². The van der Waals surface area contributed by atoms with Gasteiger partial charge < -0.3 is 15.0 Å². The normalized spacial score (nSPS) is 16.3. The zero-order chi connectivity index (χ0) is 17.0. The molecule has 0 bridgehead atoms.